The molecular weight excluding hydrogens is 224 g/mol. The highest BCUT2D eigenvalue weighted by Crippen LogP contribution is 2.10. The van der Waals surface area contributed by atoms with Gasteiger partial charge in [-0.05, 0) is 36.5 Å². The van der Waals surface area contributed by atoms with Crippen molar-refractivity contribution in [1.29, 1.82) is 0 Å². The number of hydrogen-bond acceptors (Lipinski definition) is 2. The number of benzene rings is 1. The fourth-order valence-corrected chi connectivity index (χ4v) is 1.99. The van der Waals surface area contributed by atoms with Crippen molar-refractivity contribution >= 4 is 5.91 Å². The number of primary amides is 1. The van der Waals surface area contributed by atoms with Gasteiger partial charge < -0.3 is 5.73 Å². The maximum Gasteiger partial charge on any atom is 0.267 e. The second kappa shape index (κ2) is 5.96. The number of aromatic nitrogens is 1. The second-order valence-corrected chi connectivity index (χ2v) is 4.21. The van der Waals surface area contributed by atoms with Crippen molar-refractivity contribution in [2.75, 3.05) is 0 Å². The summed E-state index contributed by atoms with van der Waals surface area (Å²) < 4.78 is 0. The fourth-order valence-electron chi connectivity index (χ4n) is 1.99. The van der Waals surface area contributed by atoms with Crippen LogP contribution in [0, 0.1) is 0 Å². The van der Waals surface area contributed by atoms with Crippen LogP contribution < -0.4 is 5.73 Å². The summed E-state index contributed by atoms with van der Waals surface area (Å²) in [4.78, 5) is 15.2. The lowest BCUT2D eigenvalue weighted by molar-refractivity contribution is 0.0994. The largest absolute Gasteiger partial charge is 0.364 e. The Bertz CT molecular complexity index is 523. The number of nitrogens with two attached hydrogens (primary N) is 1. The fraction of sp³-hybridized carbons (Fsp3) is 0.200. The van der Waals surface area contributed by atoms with E-state index in [1.165, 1.54) is 5.56 Å². The van der Waals surface area contributed by atoms with Gasteiger partial charge in [-0.25, -0.2) is 0 Å². The predicted octanol–water partition coefficient (Wildman–Crippen LogP) is 2.36. The first-order valence-corrected chi connectivity index (χ1v) is 6.05. The molecule has 0 saturated carbocycles. The molecule has 0 fully saturated rings. The number of nitrogens with zero attached hydrogens (tertiary/aromatic N) is 1. The van der Waals surface area contributed by atoms with Crippen molar-refractivity contribution in [3.63, 3.8) is 0 Å². The van der Waals surface area contributed by atoms with Gasteiger partial charge in [0.1, 0.15) is 5.69 Å². The maximum atomic E-state index is 11.2. The highest BCUT2D eigenvalue weighted by atomic mass is 16.1. The summed E-state index contributed by atoms with van der Waals surface area (Å²) in [5.74, 6) is -0.453. The summed E-state index contributed by atoms with van der Waals surface area (Å²) in [6.45, 7) is 0. The molecule has 0 aliphatic heterocycles. The van der Waals surface area contributed by atoms with Gasteiger partial charge in [-0.1, -0.05) is 36.4 Å². The molecule has 0 atom stereocenters. The third-order valence-electron chi connectivity index (χ3n) is 2.88. The Morgan fingerprint density at radius 1 is 1.06 bits per heavy atom. The van der Waals surface area contributed by atoms with E-state index < -0.39 is 5.91 Å². The Hall–Kier alpha value is -2.16. The summed E-state index contributed by atoms with van der Waals surface area (Å²) in [5, 5.41) is 0. The molecule has 0 spiro atoms. The molecule has 18 heavy (non-hydrogen) atoms. The van der Waals surface area contributed by atoms with E-state index in [0.29, 0.717) is 5.69 Å². The van der Waals surface area contributed by atoms with Crippen LogP contribution in [0.25, 0.3) is 0 Å². The summed E-state index contributed by atoms with van der Waals surface area (Å²) >= 11 is 0. The topological polar surface area (TPSA) is 56.0 Å². The molecule has 1 amide bonds. The molecule has 2 rings (SSSR count). The number of amides is 1. The lowest BCUT2D eigenvalue weighted by atomic mass is 10.0. The molecular formula is C15H16N2O. The van der Waals surface area contributed by atoms with E-state index in [2.05, 4.69) is 17.1 Å². The number of rotatable bonds is 5. The van der Waals surface area contributed by atoms with Gasteiger partial charge in [0, 0.05) is 6.20 Å². The lowest BCUT2D eigenvalue weighted by Gasteiger charge is -2.05. The Morgan fingerprint density at radius 2 is 1.83 bits per heavy atom. The van der Waals surface area contributed by atoms with E-state index in [1.54, 1.807) is 6.20 Å². The minimum Gasteiger partial charge on any atom is -0.364 e. The van der Waals surface area contributed by atoms with Gasteiger partial charge in [-0.2, -0.15) is 0 Å². The van der Waals surface area contributed by atoms with Gasteiger partial charge in [-0.3, -0.25) is 9.78 Å². The maximum absolute atomic E-state index is 11.2. The molecule has 0 bridgehead atoms. The van der Waals surface area contributed by atoms with Crippen molar-refractivity contribution < 1.29 is 4.79 Å². The monoisotopic (exact) mass is 240 g/mol. The minimum absolute atomic E-state index is 0.394. The predicted molar refractivity (Wildman–Crippen MR) is 71.2 cm³/mol. The molecule has 92 valence electrons. The number of carbonyl (C=O) groups excluding carboxylic acids is 1. The normalized spacial score (nSPS) is 10.2. The Labute approximate surface area is 107 Å². The van der Waals surface area contributed by atoms with Crippen molar-refractivity contribution in [1.82, 2.24) is 4.98 Å². The summed E-state index contributed by atoms with van der Waals surface area (Å²) in [6, 6.07) is 14.1. The third kappa shape index (κ3) is 3.17. The quantitative estimate of drug-likeness (QED) is 0.872. The van der Waals surface area contributed by atoms with E-state index in [4.69, 9.17) is 5.73 Å². The van der Waals surface area contributed by atoms with E-state index in [-0.39, 0.29) is 0 Å². The van der Waals surface area contributed by atoms with Crippen LogP contribution in [0.4, 0.5) is 0 Å². The van der Waals surface area contributed by atoms with E-state index in [1.807, 2.05) is 30.3 Å². The van der Waals surface area contributed by atoms with Crippen LogP contribution in [0.1, 0.15) is 28.0 Å². The molecule has 1 aromatic heterocycles. The molecule has 0 unspecified atom stereocenters. The van der Waals surface area contributed by atoms with Crippen LogP contribution in [-0.2, 0) is 12.8 Å². The zero-order valence-electron chi connectivity index (χ0n) is 10.2. The van der Waals surface area contributed by atoms with Crippen LogP contribution in [0.3, 0.4) is 0 Å². The van der Waals surface area contributed by atoms with E-state index in [0.717, 1.165) is 24.8 Å². The number of aryl methyl sites for hydroxylation is 2. The standard InChI is InChI=1S/C15H16N2O/c16-15(18)14-13(10-5-11-17-14)9-4-8-12-6-2-1-3-7-12/h1-3,5-7,10-11H,4,8-9H2,(H2,16,18). The van der Waals surface area contributed by atoms with Gasteiger partial charge in [-0.15, -0.1) is 0 Å². The first kappa shape index (κ1) is 12.3. The second-order valence-electron chi connectivity index (χ2n) is 4.21. The molecule has 3 heteroatoms. The lowest BCUT2D eigenvalue weighted by Crippen LogP contribution is -2.15. The molecule has 1 aromatic carbocycles. The Balaban J connectivity index is 1.97. The van der Waals surface area contributed by atoms with Gasteiger partial charge in [0.15, 0.2) is 0 Å². The smallest absolute Gasteiger partial charge is 0.267 e. The van der Waals surface area contributed by atoms with Gasteiger partial charge in [0.2, 0.25) is 0 Å². The van der Waals surface area contributed by atoms with Crippen LogP contribution in [-0.4, -0.2) is 10.9 Å². The number of pyridine rings is 1. The van der Waals surface area contributed by atoms with E-state index >= 15 is 0 Å². The van der Waals surface area contributed by atoms with Crippen molar-refractivity contribution in [3.05, 3.63) is 65.5 Å². The van der Waals surface area contributed by atoms with Crippen molar-refractivity contribution in [2.45, 2.75) is 19.3 Å². The highest BCUT2D eigenvalue weighted by molar-refractivity contribution is 5.92. The molecule has 0 aliphatic carbocycles. The molecule has 0 radical (unpaired) electrons. The van der Waals surface area contributed by atoms with Crippen molar-refractivity contribution in [2.24, 2.45) is 5.73 Å². The first-order valence-electron chi connectivity index (χ1n) is 6.05. The minimum atomic E-state index is -0.453. The summed E-state index contributed by atoms with van der Waals surface area (Å²) in [5.41, 5.74) is 7.93. The molecule has 2 aromatic rings. The zero-order valence-corrected chi connectivity index (χ0v) is 10.2. The Morgan fingerprint density at radius 3 is 2.56 bits per heavy atom. The SMILES string of the molecule is NC(=O)c1ncccc1CCCc1ccccc1. The average Bonchev–Trinajstić information content (AvgIpc) is 2.40. The molecule has 3 nitrogen and oxygen atoms in total. The average molecular weight is 240 g/mol. The highest BCUT2D eigenvalue weighted by Gasteiger charge is 2.08. The third-order valence-corrected chi connectivity index (χ3v) is 2.88. The van der Waals surface area contributed by atoms with Crippen LogP contribution in [0.15, 0.2) is 48.7 Å². The summed E-state index contributed by atoms with van der Waals surface area (Å²) in [6.07, 6.45) is 4.39. The van der Waals surface area contributed by atoms with Crippen LogP contribution in [0.2, 0.25) is 0 Å². The molecule has 2 N–H and O–H groups in total. The zero-order chi connectivity index (χ0) is 12.8. The Kier molecular flexibility index (Phi) is 4.07. The van der Waals surface area contributed by atoms with Gasteiger partial charge in [0.05, 0.1) is 0 Å². The first-order chi connectivity index (χ1) is 8.77. The number of hydrogen-bond donors (Lipinski definition) is 1. The molecule has 1 heterocycles. The van der Waals surface area contributed by atoms with Gasteiger partial charge in [0.25, 0.3) is 5.91 Å². The van der Waals surface area contributed by atoms with Crippen LogP contribution in [0.5, 0.6) is 0 Å². The molecule has 0 saturated heterocycles. The van der Waals surface area contributed by atoms with Crippen LogP contribution >= 0.6 is 0 Å². The summed E-state index contributed by atoms with van der Waals surface area (Å²) in [7, 11) is 0. The van der Waals surface area contributed by atoms with Gasteiger partial charge >= 0.3 is 0 Å². The number of carbonyl (C=O) groups is 1. The van der Waals surface area contributed by atoms with Crippen molar-refractivity contribution in [3.8, 4) is 0 Å². The molecule has 0 aliphatic rings. The van der Waals surface area contributed by atoms with E-state index in [9.17, 15) is 4.79 Å².